The van der Waals surface area contributed by atoms with E-state index in [4.69, 9.17) is 0 Å². The second kappa shape index (κ2) is 6.16. The second-order valence-electron chi connectivity index (χ2n) is 6.77. The number of aromatic nitrogens is 1. The first-order valence-electron chi connectivity index (χ1n) is 8.61. The Hall–Kier alpha value is -2.55. The molecule has 1 aliphatic rings. The predicted molar refractivity (Wildman–Crippen MR) is 96.8 cm³/mol. The number of carbonyl (C=O) groups is 1. The van der Waals surface area contributed by atoms with E-state index in [0.29, 0.717) is 19.0 Å². The van der Waals surface area contributed by atoms with Crippen LogP contribution in [0.25, 0.3) is 10.9 Å². The van der Waals surface area contributed by atoms with Crippen molar-refractivity contribution in [2.24, 2.45) is 0 Å². The van der Waals surface area contributed by atoms with Gasteiger partial charge in [-0.3, -0.25) is 4.79 Å². The average Bonchev–Trinajstić information content (AvgIpc) is 3.36. The number of fused-ring (bicyclic) bond motifs is 1. The highest BCUT2D eigenvalue weighted by molar-refractivity contribution is 5.89. The van der Waals surface area contributed by atoms with Crippen molar-refractivity contribution in [3.63, 3.8) is 0 Å². The molecule has 0 unspecified atom stereocenters. The maximum absolute atomic E-state index is 12.9. The van der Waals surface area contributed by atoms with Gasteiger partial charge in [-0.1, -0.05) is 48.0 Å². The van der Waals surface area contributed by atoms with Gasteiger partial charge in [0.1, 0.15) is 0 Å². The third-order valence-corrected chi connectivity index (χ3v) is 4.80. The molecule has 1 heterocycles. The first kappa shape index (κ1) is 15.0. The van der Waals surface area contributed by atoms with E-state index in [1.54, 1.807) is 0 Å². The number of nitrogens with zero attached hydrogens (tertiary/aromatic N) is 1. The monoisotopic (exact) mass is 318 g/mol. The van der Waals surface area contributed by atoms with Crippen LogP contribution in [-0.2, 0) is 17.8 Å². The predicted octanol–water partition coefficient (Wildman–Crippen LogP) is 4.21. The Kier molecular flexibility index (Phi) is 3.85. The van der Waals surface area contributed by atoms with Gasteiger partial charge in [0.25, 0.3) is 0 Å². The van der Waals surface area contributed by atoms with E-state index in [1.165, 1.54) is 11.1 Å². The summed E-state index contributed by atoms with van der Waals surface area (Å²) in [5.41, 5.74) is 4.64. The lowest BCUT2D eigenvalue weighted by Crippen LogP contribution is -2.33. The van der Waals surface area contributed by atoms with E-state index in [2.05, 4.69) is 47.1 Å². The van der Waals surface area contributed by atoms with Crippen LogP contribution in [0.1, 0.15) is 29.5 Å². The van der Waals surface area contributed by atoms with E-state index in [0.717, 1.165) is 29.3 Å². The Bertz CT molecular complexity index is 859. The summed E-state index contributed by atoms with van der Waals surface area (Å²) >= 11 is 0. The highest BCUT2D eigenvalue weighted by Gasteiger charge is 2.32. The Morgan fingerprint density at radius 2 is 1.88 bits per heavy atom. The molecule has 0 saturated heterocycles. The minimum atomic E-state index is 0.225. The maximum atomic E-state index is 12.9. The molecule has 1 saturated carbocycles. The molecule has 3 nitrogen and oxygen atoms in total. The van der Waals surface area contributed by atoms with Crippen LogP contribution in [0.3, 0.4) is 0 Å². The van der Waals surface area contributed by atoms with E-state index in [9.17, 15) is 4.79 Å². The number of para-hydroxylation sites is 1. The fourth-order valence-corrected chi connectivity index (χ4v) is 3.24. The van der Waals surface area contributed by atoms with Crippen LogP contribution < -0.4 is 0 Å². The molecule has 3 aromatic rings. The smallest absolute Gasteiger partial charge is 0.227 e. The van der Waals surface area contributed by atoms with Crippen LogP contribution >= 0.6 is 0 Å². The lowest BCUT2D eigenvalue weighted by atomic mass is 10.1. The van der Waals surface area contributed by atoms with Crippen LogP contribution in [0, 0.1) is 6.92 Å². The van der Waals surface area contributed by atoms with Gasteiger partial charge < -0.3 is 9.88 Å². The van der Waals surface area contributed by atoms with Gasteiger partial charge in [-0.25, -0.2) is 0 Å². The number of rotatable bonds is 5. The van der Waals surface area contributed by atoms with Gasteiger partial charge in [0.2, 0.25) is 5.91 Å². The molecule has 1 N–H and O–H groups in total. The SMILES string of the molecule is Cc1ccc(CN(C(=O)Cc2c[nH]c3ccccc23)C2CC2)cc1. The molecule has 4 rings (SSSR count). The van der Waals surface area contributed by atoms with Crippen LogP contribution in [0.15, 0.2) is 54.7 Å². The molecule has 2 aromatic carbocycles. The fraction of sp³-hybridized carbons (Fsp3) is 0.286. The topological polar surface area (TPSA) is 36.1 Å². The Morgan fingerprint density at radius 3 is 2.62 bits per heavy atom. The minimum Gasteiger partial charge on any atom is -0.361 e. The zero-order valence-corrected chi connectivity index (χ0v) is 14.0. The third-order valence-electron chi connectivity index (χ3n) is 4.80. The summed E-state index contributed by atoms with van der Waals surface area (Å²) in [6.45, 7) is 2.80. The zero-order valence-electron chi connectivity index (χ0n) is 14.0. The molecular formula is C21H22N2O. The molecule has 24 heavy (non-hydrogen) atoms. The van der Waals surface area contributed by atoms with Gasteiger partial charge >= 0.3 is 0 Å². The Morgan fingerprint density at radius 1 is 1.12 bits per heavy atom. The summed E-state index contributed by atoms with van der Waals surface area (Å²) in [7, 11) is 0. The molecule has 1 fully saturated rings. The standard InChI is InChI=1S/C21H22N2O/c1-15-6-8-16(9-7-15)14-23(18-10-11-18)21(24)12-17-13-22-20-5-3-2-4-19(17)20/h2-9,13,18,22H,10-12,14H2,1H3. The van der Waals surface area contributed by atoms with E-state index >= 15 is 0 Å². The van der Waals surface area contributed by atoms with Gasteiger partial charge in [0, 0.05) is 29.7 Å². The number of amides is 1. The molecule has 1 aromatic heterocycles. The van der Waals surface area contributed by atoms with Crippen molar-refractivity contribution in [3.05, 3.63) is 71.4 Å². The van der Waals surface area contributed by atoms with Gasteiger partial charge in [-0.15, -0.1) is 0 Å². The maximum Gasteiger partial charge on any atom is 0.227 e. The van der Waals surface area contributed by atoms with Gasteiger partial charge in [-0.2, -0.15) is 0 Å². The van der Waals surface area contributed by atoms with Gasteiger partial charge in [0.05, 0.1) is 6.42 Å². The summed E-state index contributed by atoms with van der Waals surface area (Å²) in [5.74, 6) is 0.225. The van der Waals surface area contributed by atoms with Gasteiger partial charge in [0.15, 0.2) is 0 Å². The lowest BCUT2D eigenvalue weighted by molar-refractivity contribution is -0.131. The van der Waals surface area contributed by atoms with Crippen LogP contribution in [0.4, 0.5) is 0 Å². The van der Waals surface area contributed by atoms with Crippen molar-refractivity contribution in [1.29, 1.82) is 0 Å². The van der Waals surface area contributed by atoms with Crippen molar-refractivity contribution in [2.75, 3.05) is 0 Å². The summed E-state index contributed by atoms with van der Waals surface area (Å²) < 4.78 is 0. The highest BCUT2D eigenvalue weighted by atomic mass is 16.2. The molecule has 0 bridgehead atoms. The second-order valence-corrected chi connectivity index (χ2v) is 6.77. The van der Waals surface area contributed by atoms with Crippen molar-refractivity contribution in [1.82, 2.24) is 9.88 Å². The van der Waals surface area contributed by atoms with Gasteiger partial charge in [-0.05, 0) is 37.0 Å². The Balaban J connectivity index is 1.53. The fourth-order valence-electron chi connectivity index (χ4n) is 3.24. The average molecular weight is 318 g/mol. The van der Waals surface area contributed by atoms with Crippen molar-refractivity contribution >= 4 is 16.8 Å². The number of H-pyrrole nitrogens is 1. The number of hydrogen-bond donors (Lipinski definition) is 1. The van der Waals surface area contributed by atoms with Crippen molar-refractivity contribution in [3.8, 4) is 0 Å². The minimum absolute atomic E-state index is 0.225. The molecule has 0 spiro atoms. The molecular weight excluding hydrogens is 296 g/mol. The van der Waals surface area contributed by atoms with E-state index in [-0.39, 0.29) is 5.91 Å². The summed E-state index contributed by atoms with van der Waals surface area (Å²) in [6, 6.07) is 17.1. The van der Waals surface area contributed by atoms with Crippen LogP contribution in [0.5, 0.6) is 0 Å². The highest BCUT2D eigenvalue weighted by Crippen LogP contribution is 2.29. The molecule has 122 valence electrons. The summed E-state index contributed by atoms with van der Waals surface area (Å²) in [5, 5.41) is 1.15. The number of aromatic amines is 1. The quantitative estimate of drug-likeness (QED) is 0.751. The first-order chi connectivity index (χ1) is 11.7. The van der Waals surface area contributed by atoms with Crippen LogP contribution in [0.2, 0.25) is 0 Å². The van der Waals surface area contributed by atoms with Crippen molar-refractivity contribution < 1.29 is 4.79 Å². The van der Waals surface area contributed by atoms with E-state index < -0.39 is 0 Å². The summed E-state index contributed by atoms with van der Waals surface area (Å²) in [4.78, 5) is 18.2. The molecule has 0 atom stereocenters. The molecule has 1 amide bonds. The lowest BCUT2D eigenvalue weighted by Gasteiger charge is -2.22. The normalized spacial score (nSPS) is 14.0. The number of aryl methyl sites for hydroxylation is 1. The Labute approximate surface area is 142 Å². The zero-order chi connectivity index (χ0) is 16.5. The van der Waals surface area contributed by atoms with Crippen LogP contribution in [-0.4, -0.2) is 21.8 Å². The summed E-state index contributed by atoms with van der Waals surface area (Å²) in [6.07, 6.45) is 4.70. The number of benzene rings is 2. The third kappa shape index (κ3) is 3.07. The molecule has 3 heteroatoms. The number of carbonyl (C=O) groups excluding carboxylic acids is 1. The van der Waals surface area contributed by atoms with Crippen molar-refractivity contribution in [2.45, 2.75) is 38.8 Å². The number of nitrogens with one attached hydrogen (secondary N) is 1. The molecule has 1 aliphatic carbocycles. The first-order valence-corrected chi connectivity index (χ1v) is 8.61. The molecule has 0 radical (unpaired) electrons. The van der Waals surface area contributed by atoms with E-state index in [1.807, 2.05) is 24.4 Å². The molecule has 0 aliphatic heterocycles. The number of hydrogen-bond acceptors (Lipinski definition) is 1. The largest absolute Gasteiger partial charge is 0.361 e.